The number of hydrogen-bond donors (Lipinski definition) is 1. The van der Waals surface area contributed by atoms with Crippen molar-refractivity contribution in [2.45, 2.75) is 26.8 Å². The number of carbonyl (C=O) groups is 1. The fraction of sp³-hybridized carbons (Fsp3) is 0.182. The van der Waals surface area contributed by atoms with Gasteiger partial charge in [-0.3, -0.25) is 14.2 Å². The lowest BCUT2D eigenvalue weighted by Crippen LogP contribution is -2.26. The molecule has 0 fully saturated rings. The van der Waals surface area contributed by atoms with Gasteiger partial charge in [-0.15, -0.1) is 0 Å². The van der Waals surface area contributed by atoms with Crippen molar-refractivity contribution in [2.75, 3.05) is 5.32 Å². The number of benzene rings is 2. The summed E-state index contributed by atoms with van der Waals surface area (Å²) < 4.78 is 16.2. The summed E-state index contributed by atoms with van der Waals surface area (Å²) in [5.74, 6) is -0.148. The maximum Gasteiger partial charge on any atom is 0.264 e. The molecule has 0 atom stereocenters. The predicted octanol–water partition coefficient (Wildman–Crippen LogP) is 4.02. The van der Waals surface area contributed by atoms with Gasteiger partial charge < -0.3 is 5.32 Å². The number of rotatable bonds is 5. The van der Waals surface area contributed by atoms with Crippen LogP contribution in [0.25, 0.3) is 16.7 Å². The zero-order chi connectivity index (χ0) is 22.1. The number of halogens is 2. The van der Waals surface area contributed by atoms with Gasteiger partial charge in [-0.2, -0.15) is 5.10 Å². The molecule has 0 saturated heterocycles. The highest BCUT2D eigenvalue weighted by atomic mass is 35.5. The number of amides is 1. The zero-order valence-electron chi connectivity index (χ0n) is 16.9. The maximum absolute atomic E-state index is 13.2. The average molecular weight is 440 g/mol. The van der Waals surface area contributed by atoms with Gasteiger partial charge in [0.1, 0.15) is 17.0 Å². The van der Waals surface area contributed by atoms with Crippen molar-refractivity contribution < 1.29 is 9.18 Å². The van der Waals surface area contributed by atoms with E-state index in [0.29, 0.717) is 33.3 Å². The van der Waals surface area contributed by atoms with E-state index in [1.807, 2.05) is 13.0 Å². The second-order valence-electron chi connectivity index (χ2n) is 7.14. The van der Waals surface area contributed by atoms with Crippen molar-refractivity contribution in [3.63, 3.8) is 0 Å². The van der Waals surface area contributed by atoms with Crippen molar-refractivity contribution in [3.8, 4) is 5.69 Å². The summed E-state index contributed by atoms with van der Waals surface area (Å²) in [7, 11) is 0. The Balaban J connectivity index is 1.57. The van der Waals surface area contributed by atoms with E-state index in [-0.39, 0.29) is 30.2 Å². The number of nitrogens with zero attached hydrogens (tertiary/aromatic N) is 4. The van der Waals surface area contributed by atoms with Gasteiger partial charge in [-0.05, 0) is 55.8 Å². The number of aryl methyl sites for hydroxylation is 2. The smallest absolute Gasteiger partial charge is 0.264 e. The second kappa shape index (κ2) is 8.31. The molecule has 0 bridgehead atoms. The van der Waals surface area contributed by atoms with Gasteiger partial charge in [0, 0.05) is 23.7 Å². The number of hydrogen-bond acceptors (Lipinski definition) is 4. The third-order valence-corrected chi connectivity index (χ3v) is 5.22. The molecular formula is C22H19ClFN5O2. The van der Waals surface area contributed by atoms with Crippen LogP contribution in [0.4, 0.5) is 10.1 Å². The maximum atomic E-state index is 13.2. The Labute approximate surface area is 182 Å². The van der Waals surface area contributed by atoms with E-state index in [0.717, 1.165) is 5.56 Å². The van der Waals surface area contributed by atoms with Gasteiger partial charge >= 0.3 is 0 Å². The molecule has 4 aromatic rings. The molecule has 0 aliphatic heterocycles. The highest BCUT2D eigenvalue weighted by Crippen LogP contribution is 2.20. The Morgan fingerprint density at radius 3 is 2.65 bits per heavy atom. The van der Waals surface area contributed by atoms with Crippen LogP contribution in [0, 0.1) is 19.7 Å². The highest BCUT2D eigenvalue weighted by Gasteiger charge is 2.15. The van der Waals surface area contributed by atoms with E-state index in [2.05, 4.69) is 15.4 Å². The standard InChI is InChI=1S/C22H19ClFN5O2/c1-13-3-4-15(23)11-19(13)27-20(30)9-10-28-14(2)26-21-18(22(28)31)12-25-29(21)17-7-5-16(24)6-8-17/h3-8,11-12H,9-10H2,1-2H3,(H,27,30). The van der Waals surface area contributed by atoms with Crippen molar-refractivity contribution in [1.82, 2.24) is 19.3 Å². The Morgan fingerprint density at radius 1 is 1.16 bits per heavy atom. The SMILES string of the molecule is Cc1ccc(Cl)cc1NC(=O)CCn1c(C)nc2c(cnn2-c2ccc(F)cc2)c1=O. The molecule has 1 N–H and O–H groups in total. The number of nitrogens with one attached hydrogen (secondary N) is 1. The quantitative estimate of drug-likeness (QED) is 0.509. The van der Waals surface area contributed by atoms with E-state index in [4.69, 9.17) is 11.6 Å². The third kappa shape index (κ3) is 4.20. The number of fused-ring (bicyclic) bond motifs is 1. The van der Waals surface area contributed by atoms with Crippen LogP contribution in [-0.2, 0) is 11.3 Å². The van der Waals surface area contributed by atoms with Crippen molar-refractivity contribution >= 4 is 34.2 Å². The van der Waals surface area contributed by atoms with E-state index < -0.39 is 0 Å². The van der Waals surface area contributed by atoms with Gasteiger partial charge in [0.15, 0.2) is 5.65 Å². The number of carbonyl (C=O) groups excluding carboxylic acids is 1. The molecule has 0 aliphatic rings. The Morgan fingerprint density at radius 2 is 1.90 bits per heavy atom. The lowest BCUT2D eigenvalue weighted by Gasteiger charge is -2.12. The van der Waals surface area contributed by atoms with Crippen LogP contribution in [0.15, 0.2) is 53.5 Å². The summed E-state index contributed by atoms with van der Waals surface area (Å²) in [6.07, 6.45) is 1.52. The fourth-order valence-corrected chi connectivity index (χ4v) is 3.47. The Bertz CT molecular complexity index is 1340. The summed E-state index contributed by atoms with van der Waals surface area (Å²) in [5.41, 5.74) is 2.21. The molecule has 0 spiro atoms. The van der Waals surface area contributed by atoms with Crippen LogP contribution in [0.1, 0.15) is 17.8 Å². The molecule has 0 aliphatic carbocycles. The molecule has 7 nitrogen and oxygen atoms in total. The molecular weight excluding hydrogens is 421 g/mol. The van der Waals surface area contributed by atoms with Gasteiger partial charge in [0.2, 0.25) is 5.91 Å². The molecule has 1 amide bonds. The summed E-state index contributed by atoms with van der Waals surface area (Å²) in [6, 6.07) is 11.0. The largest absolute Gasteiger partial charge is 0.326 e. The molecule has 9 heteroatoms. The molecule has 2 aromatic carbocycles. The van der Waals surface area contributed by atoms with Gasteiger partial charge in [0.05, 0.1) is 11.9 Å². The summed E-state index contributed by atoms with van der Waals surface area (Å²) in [4.78, 5) is 29.9. The number of aromatic nitrogens is 4. The molecule has 2 aromatic heterocycles. The van der Waals surface area contributed by atoms with E-state index in [9.17, 15) is 14.0 Å². The van der Waals surface area contributed by atoms with E-state index in [1.54, 1.807) is 31.2 Å². The minimum absolute atomic E-state index is 0.0893. The average Bonchev–Trinajstić information content (AvgIpc) is 3.15. The summed E-state index contributed by atoms with van der Waals surface area (Å²) >= 11 is 5.99. The van der Waals surface area contributed by atoms with Gasteiger partial charge in [0.25, 0.3) is 5.56 Å². The summed E-state index contributed by atoms with van der Waals surface area (Å²) in [6.45, 7) is 3.74. The van der Waals surface area contributed by atoms with Crippen molar-refractivity contribution in [2.24, 2.45) is 0 Å². The molecule has 2 heterocycles. The van der Waals surface area contributed by atoms with E-state index >= 15 is 0 Å². The van der Waals surface area contributed by atoms with Crippen LogP contribution < -0.4 is 10.9 Å². The van der Waals surface area contributed by atoms with Gasteiger partial charge in [-0.25, -0.2) is 14.1 Å². The molecule has 0 unspecified atom stereocenters. The Kier molecular flexibility index (Phi) is 5.56. The van der Waals surface area contributed by atoms with Crippen LogP contribution in [-0.4, -0.2) is 25.2 Å². The molecule has 158 valence electrons. The monoisotopic (exact) mass is 439 g/mol. The topological polar surface area (TPSA) is 81.8 Å². The zero-order valence-corrected chi connectivity index (χ0v) is 17.7. The predicted molar refractivity (Wildman–Crippen MR) is 117 cm³/mol. The molecule has 31 heavy (non-hydrogen) atoms. The first-order valence-corrected chi connectivity index (χ1v) is 9.98. The van der Waals surface area contributed by atoms with Crippen LogP contribution in [0.3, 0.4) is 0 Å². The van der Waals surface area contributed by atoms with Crippen LogP contribution >= 0.6 is 11.6 Å². The molecule has 0 saturated carbocycles. The lowest BCUT2D eigenvalue weighted by atomic mass is 10.2. The highest BCUT2D eigenvalue weighted by molar-refractivity contribution is 6.31. The second-order valence-corrected chi connectivity index (χ2v) is 7.58. The summed E-state index contributed by atoms with van der Waals surface area (Å²) in [5, 5.41) is 7.90. The van der Waals surface area contributed by atoms with Crippen molar-refractivity contribution in [1.29, 1.82) is 0 Å². The molecule has 0 radical (unpaired) electrons. The normalized spacial score (nSPS) is 11.1. The molecule has 4 rings (SSSR count). The third-order valence-electron chi connectivity index (χ3n) is 4.99. The van der Waals surface area contributed by atoms with Crippen LogP contribution in [0.5, 0.6) is 0 Å². The minimum Gasteiger partial charge on any atom is -0.326 e. The fourth-order valence-electron chi connectivity index (χ4n) is 3.30. The van der Waals surface area contributed by atoms with Crippen molar-refractivity contribution in [3.05, 3.63) is 81.2 Å². The first-order valence-electron chi connectivity index (χ1n) is 9.60. The van der Waals surface area contributed by atoms with E-state index in [1.165, 1.54) is 27.6 Å². The van der Waals surface area contributed by atoms with Gasteiger partial charge in [-0.1, -0.05) is 17.7 Å². The first kappa shape index (κ1) is 20.7. The van der Waals surface area contributed by atoms with Crippen LogP contribution in [0.2, 0.25) is 5.02 Å². The Hall–Kier alpha value is -3.52. The lowest BCUT2D eigenvalue weighted by molar-refractivity contribution is -0.116. The first-order chi connectivity index (χ1) is 14.8. The number of anilines is 1. The minimum atomic E-state index is -0.363.